The highest BCUT2D eigenvalue weighted by Gasteiger charge is 2.42. The lowest BCUT2D eigenvalue weighted by atomic mass is 9.86. The zero-order valence-electron chi connectivity index (χ0n) is 11.0. The summed E-state index contributed by atoms with van der Waals surface area (Å²) >= 11 is 0. The van der Waals surface area contributed by atoms with Gasteiger partial charge in [-0.2, -0.15) is 5.26 Å². The van der Waals surface area contributed by atoms with Crippen LogP contribution in [-0.4, -0.2) is 5.91 Å². The number of aryl methyl sites for hydroxylation is 1. The molecule has 1 saturated carbocycles. The lowest BCUT2D eigenvalue weighted by Gasteiger charge is -2.23. The standard InChI is InChI=1S/C16H18N2O/c17-11-16(9-3-4-10-16)15(19)18-14-8-7-12-5-1-2-6-13(12)14/h1-2,5-6,14H,3-4,7-10H2,(H,18,19)/t14-/m0/s1. The molecule has 1 aromatic rings. The Morgan fingerprint density at radius 1 is 1.32 bits per heavy atom. The number of carbonyl (C=O) groups is 1. The fraction of sp³-hybridized carbons (Fsp3) is 0.500. The maximum Gasteiger partial charge on any atom is 0.240 e. The number of rotatable bonds is 2. The van der Waals surface area contributed by atoms with Crippen LogP contribution in [0.4, 0.5) is 0 Å². The number of nitriles is 1. The zero-order chi connectivity index (χ0) is 13.3. The quantitative estimate of drug-likeness (QED) is 0.882. The molecule has 1 atom stereocenters. The molecule has 3 rings (SSSR count). The van der Waals surface area contributed by atoms with Crippen LogP contribution in [0.5, 0.6) is 0 Å². The molecule has 0 unspecified atom stereocenters. The molecule has 98 valence electrons. The molecule has 3 heteroatoms. The molecule has 2 aliphatic rings. The van der Waals surface area contributed by atoms with Crippen LogP contribution in [0.3, 0.4) is 0 Å². The van der Waals surface area contributed by atoms with E-state index in [4.69, 9.17) is 0 Å². The minimum Gasteiger partial charge on any atom is -0.348 e. The first-order valence-corrected chi connectivity index (χ1v) is 7.05. The minimum atomic E-state index is -0.766. The fourth-order valence-corrected chi connectivity index (χ4v) is 3.37. The van der Waals surface area contributed by atoms with Gasteiger partial charge < -0.3 is 5.32 Å². The number of nitrogens with zero attached hydrogens (tertiary/aromatic N) is 1. The third-order valence-corrected chi connectivity index (χ3v) is 4.54. The van der Waals surface area contributed by atoms with Gasteiger partial charge in [-0.05, 0) is 36.8 Å². The zero-order valence-corrected chi connectivity index (χ0v) is 11.0. The van der Waals surface area contributed by atoms with E-state index < -0.39 is 5.41 Å². The number of fused-ring (bicyclic) bond motifs is 1. The summed E-state index contributed by atoms with van der Waals surface area (Å²) in [6.07, 6.45) is 5.37. The summed E-state index contributed by atoms with van der Waals surface area (Å²) in [7, 11) is 0. The van der Waals surface area contributed by atoms with Crippen molar-refractivity contribution in [2.75, 3.05) is 0 Å². The van der Waals surface area contributed by atoms with Gasteiger partial charge in [0, 0.05) is 0 Å². The highest BCUT2D eigenvalue weighted by molar-refractivity contribution is 5.86. The van der Waals surface area contributed by atoms with Crippen LogP contribution < -0.4 is 5.32 Å². The van der Waals surface area contributed by atoms with Crippen LogP contribution in [0.25, 0.3) is 0 Å². The molecule has 3 nitrogen and oxygen atoms in total. The third kappa shape index (κ3) is 2.02. The summed E-state index contributed by atoms with van der Waals surface area (Å²) < 4.78 is 0. The van der Waals surface area contributed by atoms with Crippen LogP contribution >= 0.6 is 0 Å². The molecule has 0 radical (unpaired) electrons. The molecule has 0 aromatic heterocycles. The van der Waals surface area contributed by atoms with Crippen molar-refractivity contribution in [3.63, 3.8) is 0 Å². The Balaban J connectivity index is 1.77. The van der Waals surface area contributed by atoms with Gasteiger partial charge in [-0.15, -0.1) is 0 Å². The second kappa shape index (κ2) is 4.70. The molecule has 0 aliphatic heterocycles. The summed E-state index contributed by atoms with van der Waals surface area (Å²) in [6, 6.07) is 10.6. The summed E-state index contributed by atoms with van der Waals surface area (Å²) in [6.45, 7) is 0. The average molecular weight is 254 g/mol. The van der Waals surface area contributed by atoms with E-state index in [1.165, 1.54) is 11.1 Å². The number of nitrogens with one attached hydrogen (secondary N) is 1. The van der Waals surface area contributed by atoms with Crippen LogP contribution in [0.1, 0.15) is 49.3 Å². The molecule has 0 spiro atoms. The Bertz CT molecular complexity index is 538. The lowest BCUT2D eigenvalue weighted by molar-refractivity contribution is -0.128. The summed E-state index contributed by atoms with van der Waals surface area (Å²) in [5.74, 6) is -0.0609. The number of hydrogen-bond donors (Lipinski definition) is 1. The minimum absolute atomic E-state index is 0.0609. The van der Waals surface area contributed by atoms with Crippen LogP contribution in [-0.2, 0) is 11.2 Å². The maximum absolute atomic E-state index is 12.4. The fourth-order valence-electron chi connectivity index (χ4n) is 3.37. The van der Waals surface area contributed by atoms with E-state index in [0.717, 1.165) is 25.7 Å². The van der Waals surface area contributed by atoms with E-state index in [2.05, 4.69) is 23.5 Å². The SMILES string of the molecule is N#CC1(C(=O)N[C@H]2CCc3ccccc32)CCCC1. The Morgan fingerprint density at radius 3 is 2.79 bits per heavy atom. The molecule has 0 bridgehead atoms. The van der Waals surface area contributed by atoms with Gasteiger partial charge in [-0.3, -0.25) is 4.79 Å². The maximum atomic E-state index is 12.4. The first-order valence-electron chi connectivity index (χ1n) is 7.05. The van der Waals surface area contributed by atoms with Crippen molar-refractivity contribution in [2.24, 2.45) is 5.41 Å². The molecule has 0 saturated heterocycles. The third-order valence-electron chi connectivity index (χ3n) is 4.54. The highest BCUT2D eigenvalue weighted by atomic mass is 16.2. The van der Waals surface area contributed by atoms with Gasteiger partial charge >= 0.3 is 0 Å². The van der Waals surface area contributed by atoms with Gasteiger partial charge in [0.1, 0.15) is 5.41 Å². The van der Waals surface area contributed by atoms with Gasteiger partial charge in [0.15, 0.2) is 0 Å². The van der Waals surface area contributed by atoms with Crippen molar-refractivity contribution in [3.05, 3.63) is 35.4 Å². The molecule has 1 amide bonds. The average Bonchev–Trinajstić information content (AvgIpc) is 3.07. The monoisotopic (exact) mass is 254 g/mol. The second-order valence-electron chi connectivity index (χ2n) is 5.66. The van der Waals surface area contributed by atoms with E-state index >= 15 is 0 Å². The number of benzene rings is 1. The van der Waals surface area contributed by atoms with Crippen molar-refractivity contribution in [1.82, 2.24) is 5.32 Å². The van der Waals surface area contributed by atoms with E-state index in [1.54, 1.807) is 0 Å². The van der Waals surface area contributed by atoms with E-state index in [-0.39, 0.29) is 11.9 Å². The van der Waals surface area contributed by atoms with E-state index in [9.17, 15) is 10.1 Å². The summed E-state index contributed by atoms with van der Waals surface area (Å²) in [4.78, 5) is 12.4. The first-order chi connectivity index (χ1) is 9.25. The second-order valence-corrected chi connectivity index (χ2v) is 5.66. The molecule has 1 aromatic carbocycles. The van der Waals surface area contributed by atoms with Crippen molar-refractivity contribution >= 4 is 5.91 Å². The van der Waals surface area contributed by atoms with Crippen molar-refractivity contribution in [2.45, 2.75) is 44.6 Å². The lowest BCUT2D eigenvalue weighted by Crippen LogP contribution is -2.39. The molecule has 1 fully saturated rings. The van der Waals surface area contributed by atoms with Crippen LogP contribution in [0.2, 0.25) is 0 Å². The normalized spacial score (nSPS) is 23.6. The van der Waals surface area contributed by atoms with Gasteiger partial charge in [0.25, 0.3) is 0 Å². The van der Waals surface area contributed by atoms with Gasteiger partial charge in [-0.25, -0.2) is 0 Å². The number of hydrogen-bond acceptors (Lipinski definition) is 2. The Morgan fingerprint density at radius 2 is 2.05 bits per heavy atom. The predicted octanol–water partition coefficient (Wildman–Crippen LogP) is 2.87. The van der Waals surface area contributed by atoms with Gasteiger partial charge in [0.05, 0.1) is 12.1 Å². The summed E-state index contributed by atoms with van der Waals surface area (Å²) in [5, 5.41) is 12.5. The first kappa shape index (κ1) is 12.2. The Hall–Kier alpha value is -1.82. The highest BCUT2D eigenvalue weighted by Crippen LogP contribution is 2.39. The largest absolute Gasteiger partial charge is 0.348 e. The van der Waals surface area contributed by atoms with E-state index in [0.29, 0.717) is 12.8 Å². The summed E-state index contributed by atoms with van der Waals surface area (Å²) in [5.41, 5.74) is 1.78. The van der Waals surface area contributed by atoms with E-state index in [1.807, 2.05) is 12.1 Å². The Kier molecular flexibility index (Phi) is 3.02. The van der Waals surface area contributed by atoms with Crippen molar-refractivity contribution < 1.29 is 4.79 Å². The topological polar surface area (TPSA) is 52.9 Å². The van der Waals surface area contributed by atoms with Crippen LogP contribution in [0, 0.1) is 16.7 Å². The van der Waals surface area contributed by atoms with Crippen molar-refractivity contribution in [1.29, 1.82) is 5.26 Å². The molecular weight excluding hydrogens is 236 g/mol. The number of amides is 1. The molecule has 19 heavy (non-hydrogen) atoms. The molecule has 0 heterocycles. The molecule has 1 N–H and O–H groups in total. The van der Waals surface area contributed by atoms with Gasteiger partial charge in [0.2, 0.25) is 5.91 Å². The van der Waals surface area contributed by atoms with Crippen molar-refractivity contribution in [3.8, 4) is 6.07 Å². The number of carbonyl (C=O) groups excluding carboxylic acids is 1. The predicted molar refractivity (Wildman–Crippen MR) is 72.2 cm³/mol. The van der Waals surface area contributed by atoms with Gasteiger partial charge in [-0.1, -0.05) is 37.1 Å². The molecule has 2 aliphatic carbocycles. The molecular formula is C16H18N2O. The smallest absolute Gasteiger partial charge is 0.240 e. The van der Waals surface area contributed by atoms with Crippen LogP contribution in [0.15, 0.2) is 24.3 Å². The Labute approximate surface area is 113 Å².